The fourth-order valence-electron chi connectivity index (χ4n) is 2.93. The van der Waals surface area contributed by atoms with Gasteiger partial charge in [-0.25, -0.2) is 8.42 Å². The van der Waals surface area contributed by atoms with Gasteiger partial charge in [-0.15, -0.1) is 0 Å². The Bertz CT molecular complexity index is 780. The van der Waals surface area contributed by atoms with Crippen LogP contribution in [0, 0.1) is 0 Å². The van der Waals surface area contributed by atoms with Gasteiger partial charge in [0.25, 0.3) is 0 Å². The smallest absolute Gasteiger partial charge is 0.243 e. The molecule has 1 fully saturated rings. The van der Waals surface area contributed by atoms with Crippen molar-refractivity contribution < 1.29 is 17.9 Å². The van der Waals surface area contributed by atoms with Gasteiger partial charge in [-0.2, -0.15) is 4.31 Å². The molecular formula is C17H22N2O4S. The summed E-state index contributed by atoms with van der Waals surface area (Å²) >= 11 is 0. The number of hydrogen-bond acceptors (Lipinski definition) is 4. The Kier molecular flexibility index (Phi) is 4.17. The van der Waals surface area contributed by atoms with Crippen molar-refractivity contribution >= 4 is 15.9 Å². The Morgan fingerprint density at radius 1 is 1.42 bits per heavy atom. The highest BCUT2D eigenvalue weighted by molar-refractivity contribution is 7.89. The molecule has 130 valence electrons. The minimum Gasteiger partial charge on any atom is -0.488 e. The van der Waals surface area contributed by atoms with Gasteiger partial charge in [-0.05, 0) is 56.5 Å². The van der Waals surface area contributed by atoms with Crippen LogP contribution in [0.5, 0.6) is 5.75 Å². The van der Waals surface area contributed by atoms with Crippen molar-refractivity contribution in [2.75, 3.05) is 13.1 Å². The van der Waals surface area contributed by atoms with Crippen molar-refractivity contribution in [1.29, 1.82) is 0 Å². The highest BCUT2D eigenvalue weighted by Gasteiger charge is 2.38. The first kappa shape index (κ1) is 17.0. The molecule has 1 aromatic carbocycles. The second kappa shape index (κ2) is 5.89. The van der Waals surface area contributed by atoms with Crippen molar-refractivity contribution in [3.8, 4) is 5.75 Å². The normalized spacial score (nSPS) is 20.4. The summed E-state index contributed by atoms with van der Waals surface area (Å²) in [5.41, 5.74) is 0.703. The van der Waals surface area contributed by atoms with Crippen LogP contribution in [0.2, 0.25) is 0 Å². The van der Waals surface area contributed by atoms with Gasteiger partial charge in [-0.3, -0.25) is 4.79 Å². The number of fused-ring (bicyclic) bond motifs is 1. The van der Waals surface area contributed by atoms with E-state index in [0.29, 0.717) is 0 Å². The van der Waals surface area contributed by atoms with E-state index in [1.165, 1.54) is 10.4 Å². The largest absolute Gasteiger partial charge is 0.488 e. The lowest BCUT2D eigenvalue weighted by Crippen LogP contribution is -2.60. The van der Waals surface area contributed by atoms with E-state index < -0.39 is 10.0 Å². The summed E-state index contributed by atoms with van der Waals surface area (Å²) in [6, 6.07) is 4.87. The number of aryl methyl sites for hydroxylation is 1. The molecule has 1 saturated heterocycles. The molecule has 0 bridgehead atoms. The minimum atomic E-state index is -3.54. The zero-order valence-corrected chi connectivity index (χ0v) is 14.7. The van der Waals surface area contributed by atoms with Crippen LogP contribution in [-0.2, 0) is 21.2 Å². The Balaban J connectivity index is 1.73. The van der Waals surface area contributed by atoms with Crippen molar-refractivity contribution in [2.24, 2.45) is 0 Å². The predicted molar refractivity (Wildman–Crippen MR) is 90.4 cm³/mol. The van der Waals surface area contributed by atoms with E-state index in [1.54, 1.807) is 18.2 Å². The number of hydrogen-bond donors (Lipinski definition) is 1. The van der Waals surface area contributed by atoms with Crippen LogP contribution in [0.3, 0.4) is 0 Å². The molecule has 24 heavy (non-hydrogen) atoms. The zero-order valence-electron chi connectivity index (χ0n) is 13.9. The van der Waals surface area contributed by atoms with Gasteiger partial charge in [0, 0.05) is 13.1 Å². The van der Waals surface area contributed by atoms with Crippen molar-refractivity contribution in [3.63, 3.8) is 0 Å². The molecule has 2 aliphatic rings. The maximum absolute atomic E-state index is 12.7. The summed E-state index contributed by atoms with van der Waals surface area (Å²) in [5, 5.41) is 2.70. The van der Waals surface area contributed by atoms with E-state index in [0.717, 1.165) is 24.2 Å². The second-order valence-electron chi connectivity index (χ2n) is 6.86. The van der Waals surface area contributed by atoms with Gasteiger partial charge in [-0.1, -0.05) is 6.58 Å². The topological polar surface area (TPSA) is 75.7 Å². The van der Waals surface area contributed by atoms with Crippen LogP contribution < -0.4 is 10.1 Å². The molecule has 1 amide bonds. The third-order valence-corrected chi connectivity index (χ3v) is 6.26. The molecule has 2 aliphatic heterocycles. The Morgan fingerprint density at radius 3 is 2.79 bits per heavy atom. The molecule has 0 atom stereocenters. The third-order valence-electron chi connectivity index (χ3n) is 4.43. The fourth-order valence-corrected chi connectivity index (χ4v) is 4.51. The number of ether oxygens (including phenoxy) is 1. The molecule has 0 radical (unpaired) electrons. The van der Waals surface area contributed by atoms with Crippen LogP contribution in [0.25, 0.3) is 0 Å². The molecule has 3 rings (SSSR count). The Hall–Kier alpha value is -1.86. The quantitative estimate of drug-likeness (QED) is 0.835. The minimum absolute atomic E-state index is 0.160. The lowest BCUT2D eigenvalue weighted by Gasteiger charge is -2.38. The molecule has 0 unspecified atom stereocenters. The van der Waals surface area contributed by atoms with Gasteiger partial charge in [0.2, 0.25) is 15.9 Å². The van der Waals surface area contributed by atoms with Crippen LogP contribution >= 0.6 is 0 Å². The first-order valence-electron chi connectivity index (χ1n) is 7.96. The lowest BCUT2D eigenvalue weighted by molar-refractivity contribution is -0.117. The highest BCUT2D eigenvalue weighted by Crippen LogP contribution is 2.35. The number of carbonyl (C=O) groups excluding carboxylic acids is 1. The first-order valence-corrected chi connectivity index (χ1v) is 9.40. The predicted octanol–water partition coefficient (Wildman–Crippen LogP) is 1.47. The molecule has 0 aliphatic carbocycles. The monoisotopic (exact) mass is 350 g/mol. The number of rotatable bonds is 4. The number of sulfonamides is 1. The fraction of sp³-hybridized carbons (Fsp3) is 0.471. The molecule has 0 aromatic heterocycles. The van der Waals surface area contributed by atoms with Gasteiger partial charge >= 0.3 is 0 Å². The molecule has 7 heteroatoms. The van der Waals surface area contributed by atoms with Crippen molar-refractivity contribution in [3.05, 3.63) is 36.4 Å². The molecular weight excluding hydrogens is 328 g/mol. The average molecular weight is 350 g/mol. The number of nitrogens with zero attached hydrogens (tertiary/aromatic N) is 1. The number of amides is 1. The number of nitrogens with one attached hydrogen (secondary N) is 1. The van der Waals surface area contributed by atoms with Gasteiger partial charge < -0.3 is 10.1 Å². The van der Waals surface area contributed by atoms with Crippen molar-refractivity contribution in [1.82, 2.24) is 9.62 Å². The maximum Gasteiger partial charge on any atom is 0.243 e. The van der Waals surface area contributed by atoms with E-state index >= 15 is 0 Å². The third kappa shape index (κ3) is 3.18. The van der Waals surface area contributed by atoms with E-state index in [1.807, 2.05) is 13.8 Å². The summed E-state index contributed by atoms with van der Waals surface area (Å²) in [4.78, 5) is 11.5. The summed E-state index contributed by atoms with van der Waals surface area (Å²) in [5.74, 6) is 0.468. The lowest BCUT2D eigenvalue weighted by atomic mass is 9.94. The number of benzene rings is 1. The van der Waals surface area contributed by atoms with Crippen LogP contribution in [-0.4, -0.2) is 43.4 Å². The van der Waals surface area contributed by atoms with E-state index in [4.69, 9.17) is 4.74 Å². The number of carbonyl (C=O) groups is 1. The Labute approximate surface area is 142 Å². The van der Waals surface area contributed by atoms with E-state index in [9.17, 15) is 13.2 Å². The molecule has 0 spiro atoms. The van der Waals surface area contributed by atoms with Gasteiger partial charge in [0.15, 0.2) is 0 Å². The first-order chi connectivity index (χ1) is 11.2. The van der Waals surface area contributed by atoms with Gasteiger partial charge in [0.1, 0.15) is 11.4 Å². The van der Waals surface area contributed by atoms with Crippen LogP contribution in [0.15, 0.2) is 35.7 Å². The van der Waals surface area contributed by atoms with Crippen LogP contribution in [0.4, 0.5) is 0 Å². The summed E-state index contributed by atoms with van der Waals surface area (Å²) in [7, 11) is -3.54. The van der Waals surface area contributed by atoms with Gasteiger partial charge in [0.05, 0.1) is 10.9 Å². The maximum atomic E-state index is 12.7. The standard InChI is InChI=1S/C17H22N2O4S/c1-4-16(20)18-13-10-19(11-13)24(21,22)14-5-6-15-12(9-14)7-8-17(2,3)23-15/h4-6,9,13H,1,7-8,10-11H2,2-3H3,(H,18,20). The molecule has 6 nitrogen and oxygen atoms in total. The molecule has 0 saturated carbocycles. The SMILES string of the molecule is C=CC(=O)NC1CN(S(=O)(=O)c2ccc3c(c2)CCC(C)(C)O3)C1. The molecule has 1 N–H and O–H groups in total. The summed E-state index contributed by atoms with van der Waals surface area (Å²) in [6.07, 6.45) is 2.83. The summed E-state index contributed by atoms with van der Waals surface area (Å²) in [6.45, 7) is 8.00. The highest BCUT2D eigenvalue weighted by atomic mass is 32.2. The van der Waals surface area contributed by atoms with Crippen molar-refractivity contribution in [2.45, 2.75) is 43.2 Å². The van der Waals surface area contributed by atoms with E-state index in [2.05, 4.69) is 11.9 Å². The zero-order chi connectivity index (χ0) is 17.5. The summed E-state index contributed by atoms with van der Waals surface area (Å²) < 4.78 is 32.6. The molecule has 2 heterocycles. The average Bonchev–Trinajstić information content (AvgIpc) is 2.48. The molecule has 1 aromatic rings. The second-order valence-corrected chi connectivity index (χ2v) is 8.80. The van der Waals surface area contributed by atoms with Crippen LogP contribution in [0.1, 0.15) is 25.8 Å². The van der Waals surface area contributed by atoms with E-state index in [-0.39, 0.29) is 35.5 Å². The Morgan fingerprint density at radius 2 is 2.12 bits per heavy atom.